The van der Waals surface area contributed by atoms with Gasteiger partial charge in [0.2, 0.25) is 0 Å². The number of aryl methyl sites for hydroxylation is 1. The lowest BCUT2D eigenvalue weighted by Gasteiger charge is -2.20. The molecule has 0 aliphatic heterocycles. The van der Waals surface area contributed by atoms with Crippen LogP contribution in [0, 0.1) is 6.92 Å². The molecule has 0 fully saturated rings. The molecule has 1 aromatic carbocycles. The predicted molar refractivity (Wildman–Crippen MR) is 73.1 cm³/mol. The fourth-order valence-corrected chi connectivity index (χ4v) is 1.87. The van der Waals surface area contributed by atoms with Crippen molar-refractivity contribution < 1.29 is 5.11 Å². The van der Waals surface area contributed by atoms with Gasteiger partial charge in [0.1, 0.15) is 0 Å². The highest BCUT2D eigenvalue weighted by atomic mass is 16.3. The standard InChI is InChI=1S/C15H25NO/c1-4-5-6-11-16-13(3)15(17)14-9-7-12(2)8-10-14/h7-10,13,15-17H,4-6,11H2,1-3H3. The second-order valence-corrected chi connectivity index (χ2v) is 4.81. The Labute approximate surface area is 105 Å². The van der Waals surface area contributed by atoms with E-state index in [1.165, 1.54) is 24.8 Å². The van der Waals surface area contributed by atoms with E-state index in [4.69, 9.17) is 0 Å². The number of benzene rings is 1. The number of aliphatic hydroxyl groups excluding tert-OH is 1. The molecular formula is C15H25NO. The third kappa shape index (κ3) is 4.88. The van der Waals surface area contributed by atoms with Crippen LogP contribution < -0.4 is 5.32 Å². The van der Waals surface area contributed by atoms with E-state index in [1.54, 1.807) is 0 Å². The fourth-order valence-electron chi connectivity index (χ4n) is 1.87. The van der Waals surface area contributed by atoms with Gasteiger partial charge in [0.05, 0.1) is 6.10 Å². The first kappa shape index (κ1) is 14.2. The maximum absolute atomic E-state index is 10.2. The van der Waals surface area contributed by atoms with Crippen molar-refractivity contribution in [2.75, 3.05) is 6.54 Å². The maximum Gasteiger partial charge on any atom is 0.0940 e. The highest BCUT2D eigenvalue weighted by Gasteiger charge is 2.14. The Hall–Kier alpha value is -0.860. The first-order chi connectivity index (χ1) is 8.15. The summed E-state index contributed by atoms with van der Waals surface area (Å²) in [5.41, 5.74) is 2.22. The zero-order chi connectivity index (χ0) is 12.7. The monoisotopic (exact) mass is 235 g/mol. The average Bonchev–Trinajstić information content (AvgIpc) is 2.34. The smallest absolute Gasteiger partial charge is 0.0940 e. The molecule has 2 N–H and O–H groups in total. The lowest BCUT2D eigenvalue weighted by molar-refractivity contribution is 0.136. The second kappa shape index (κ2) is 7.46. The fraction of sp³-hybridized carbons (Fsp3) is 0.600. The van der Waals surface area contributed by atoms with Gasteiger partial charge in [-0.2, -0.15) is 0 Å². The topological polar surface area (TPSA) is 32.3 Å². The van der Waals surface area contributed by atoms with Crippen molar-refractivity contribution in [3.63, 3.8) is 0 Å². The van der Waals surface area contributed by atoms with Gasteiger partial charge >= 0.3 is 0 Å². The minimum atomic E-state index is -0.419. The Morgan fingerprint density at radius 2 is 1.82 bits per heavy atom. The number of aliphatic hydroxyl groups is 1. The summed E-state index contributed by atoms with van der Waals surface area (Å²) in [7, 11) is 0. The van der Waals surface area contributed by atoms with Crippen LogP contribution in [-0.4, -0.2) is 17.7 Å². The van der Waals surface area contributed by atoms with E-state index < -0.39 is 6.10 Å². The van der Waals surface area contributed by atoms with Crippen LogP contribution in [0.3, 0.4) is 0 Å². The summed E-state index contributed by atoms with van der Waals surface area (Å²) < 4.78 is 0. The van der Waals surface area contributed by atoms with E-state index in [0.29, 0.717) is 0 Å². The number of hydrogen-bond donors (Lipinski definition) is 2. The van der Waals surface area contributed by atoms with Crippen LogP contribution in [0.25, 0.3) is 0 Å². The van der Waals surface area contributed by atoms with Crippen molar-refractivity contribution in [3.8, 4) is 0 Å². The van der Waals surface area contributed by atoms with Crippen molar-refractivity contribution in [2.45, 2.75) is 52.2 Å². The SMILES string of the molecule is CCCCCNC(C)C(O)c1ccc(C)cc1. The Balaban J connectivity index is 2.40. The highest BCUT2D eigenvalue weighted by Crippen LogP contribution is 2.17. The van der Waals surface area contributed by atoms with Gasteiger partial charge in [-0.3, -0.25) is 0 Å². The van der Waals surface area contributed by atoms with E-state index in [0.717, 1.165) is 12.1 Å². The first-order valence-corrected chi connectivity index (χ1v) is 6.63. The summed E-state index contributed by atoms with van der Waals surface area (Å²) in [6, 6.07) is 8.20. The van der Waals surface area contributed by atoms with E-state index in [1.807, 2.05) is 31.2 Å². The van der Waals surface area contributed by atoms with E-state index >= 15 is 0 Å². The summed E-state index contributed by atoms with van der Waals surface area (Å²) in [4.78, 5) is 0. The molecule has 0 aliphatic carbocycles. The summed E-state index contributed by atoms with van der Waals surface area (Å²) in [6.07, 6.45) is 3.25. The van der Waals surface area contributed by atoms with Gasteiger partial charge in [-0.25, -0.2) is 0 Å². The van der Waals surface area contributed by atoms with Gasteiger partial charge < -0.3 is 10.4 Å². The predicted octanol–water partition coefficient (Wildman–Crippen LogP) is 3.20. The molecule has 0 aliphatic rings. The van der Waals surface area contributed by atoms with Crippen molar-refractivity contribution in [1.29, 1.82) is 0 Å². The lowest BCUT2D eigenvalue weighted by Crippen LogP contribution is -2.32. The number of rotatable bonds is 7. The molecule has 0 amide bonds. The molecule has 2 unspecified atom stereocenters. The third-order valence-electron chi connectivity index (χ3n) is 3.14. The molecule has 0 bridgehead atoms. The van der Waals surface area contributed by atoms with Crippen LogP contribution in [0.5, 0.6) is 0 Å². The van der Waals surface area contributed by atoms with Crippen LogP contribution in [0.2, 0.25) is 0 Å². The van der Waals surface area contributed by atoms with Crippen LogP contribution in [0.15, 0.2) is 24.3 Å². The molecular weight excluding hydrogens is 210 g/mol. The molecule has 96 valence electrons. The van der Waals surface area contributed by atoms with Crippen molar-refractivity contribution in [2.24, 2.45) is 0 Å². The van der Waals surface area contributed by atoms with Crippen LogP contribution >= 0.6 is 0 Å². The van der Waals surface area contributed by atoms with Crippen molar-refractivity contribution in [3.05, 3.63) is 35.4 Å². The normalized spacial score (nSPS) is 14.6. The van der Waals surface area contributed by atoms with Gasteiger partial charge in [0.15, 0.2) is 0 Å². The Kier molecular flexibility index (Phi) is 6.23. The minimum absolute atomic E-state index is 0.106. The minimum Gasteiger partial charge on any atom is -0.387 e. The zero-order valence-corrected chi connectivity index (χ0v) is 11.2. The summed E-state index contributed by atoms with van der Waals surface area (Å²) in [5.74, 6) is 0. The van der Waals surface area contributed by atoms with Crippen LogP contribution in [0.1, 0.15) is 50.3 Å². The number of hydrogen-bond acceptors (Lipinski definition) is 2. The molecule has 0 heterocycles. The van der Waals surface area contributed by atoms with Gasteiger partial charge in [-0.1, -0.05) is 49.6 Å². The van der Waals surface area contributed by atoms with E-state index in [9.17, 15) is 5.11 Å². The Morgan fingerprint density at radius 3 is 2.41 bits per heavy atom. The van der Waals surface area contributed by atoms with Gasteiger partial charge in [-0.05, 0) is 32.4 Å². The van der Waals surface area contributed by atoms with E-state index in [-0.39, 0.29) is 6.04 Å². The summed E-state index contributed by atoms with van der Waals surface area (Å²) in [5, 5.41) is 13.6. The molecule has 0 aromatic heterocycles. The van der Waals surface area contributed by atoms with Crippen LogP contribution in [-0.2, 0) is 0 Å². The molecule has 17 heavy (non-hydrogen) atoms. The van der Waals surface area contributed by atoms with Crippen LogP contribution in [0.4, 0.5) is 0 Å². The summed E-state index contributed by atoms with van der Waals surface area (Å²) in [6.45, 7) is 7.28. The van der Waals surface area contributed by atoms with E-state index in [2.05, 4.69) is 19.2 Å². The van der Waals surface area contributed by atoms with Gasteiger partial charge in [0.25, 0.3) is 0 Å². The number of unbranched alkanes of at least 4 members (excludes halogenated alkanes) is 2. The first-order valence-electron chi connectivity index (χ1n) is 6.63. The molecule has 0 saturated carbocycles. The lowest BCUT2D eigenvalue weighted by atomic mass is 10.0. The Bertz CT molecular complexity index is 307. The van der Waals surface area contributed by atoms with Gasteiger partial charge in [-0.15, -0.1) is 0 Å². The second-order valence-electron chi connectivity index (χ2n) is 4.81. The molecule has 1 aromatic rings. The highest BCUT2D eigenvalue weighted by molar-refractivity contribution is 5.23. The third-order valence-corrected chi connectivity index (χ3v) is 3.14. The summed E-state index contributed by atoms with van der Waals surface area (Å²) >= 11 is 0. The molecule has 1 rings (SSSR count). The molecule has 0 radical (unpaired) electrons. The molecule has 0 saturated heterocycles. The molecule has 0 spiro atoms. The quantitative estimate of drug-likeness (QED) is 0.711. The zero-order valence-electron chi connectivity index (χ0n) is 11.2. The largest absolute Gasteiger partial charge is 0.387 e. The maximum atomic E-state index is 10.2. The van der Waals surface area contributed by atoms with Gasteiger partial charge in [0, 0.05) is 6.04 Å². The average molecular weight is 235 g/mol. The number of nitrogens with one attached hydrogen (secondary N) is 1. The van der Waals surface area contributed by atoms with Crippen molar-refractivity contribution >= 4 is 0 Å². The van der Waals surface area contributed by atoms with Crippen molar-refractivity contribution in [1.82, 2.24) is 5.32 Å². The molecule has 2 heteroatoms. The molecule has 2 atom stereocenters. The molecule has 2 nitrogen and oxygen atoms in total. The Morgan fingerprint density at radius 1 is 1.18 bits per heavy atom.